The van der Waals surface area contributed by atoms with Crippen molar-refractivity contribution in [2.24, 2.45) is 0 Å². The van der Waals surface area contributed by atoms with Gasteiger partial charge < -0.3 is 10.0 Å². The Bertz CT molecular complexity index is 516. The van der Waals surface area contributed by atoms with Gasteiger partial charge in [-0.1, -0.05) is 30.3 Å². The number of imide groups is 1. The van der Waals surface area contributed by atoms with Gasteiger partial charge in [-0.05, 0) is 5.56 Å². The standard InChI is InChI=1S/C13H14N2O3/c1-14-11(17)13(9-5-3-2-4-6-9)7-10(16)8-15(13)12(14)18/h2-6,10,16H,7-8H2,1H3/t10-,13+/m1/s1. The molecule has 2 atom stereocenters. The van der Waals surface area contributed by atoms with Crippen LogP contribution >= 0.6 is 0 Å². The number of fused-ring (bicyclic) bond motifs is 1. The minimum Gasteiger partial charge on any atom is -0.391 e. The maximum Gasteiger partial charge on any atom is 0.327 e. The van der Waals surface area contributed by atoms with Crippen LogP contribution in [-0.4, -0.2) is 46.5 Å². The summed E-state index contributed by atoms with van der Waals surface area (Å²) in [6.45, 7) is 0.212. The highest BCUT2D eigenvalue weighted by Crippen LogP contribution is 2.44. The van der Waals surface area contributed by atoms with Gasteiger partial charge >= 0.3 is 6.03 Å². The van der Waals surface area contributed by atoms with Gasteiger partial charge in [0, 0.05) is 20.0 Å². The number of carbonyl (C=O) groups is 2. The minimum atomic E-state index is -1.01. The van der Waals surface area contributed by atoms with Crippen molar-refractivity contribution in [3.8, 4) is 0 Å². The second kappa shape index (κ2) is 3.55. The van der Waals surface area contributed by atoms with E-state index in [2.05, 4.69) is 0 Å². The lowest BCUT2D eigenvalue weighted by Crippen LogP contribution is -2.41. The summed E-state index contributed by atoms with van der Waals surface area (Å²) in [4.78, 5) is 27.1. The normalized spacial score (nSPS) is 31.1. The molecule has 3 amide bonds. The Balaban J connectivity index is 2.17. The van der Waals surface area contributed by atoms with Crippen LogP contribution < -0.4 is 0 Å². The Labute approximate surface area is 105 Å². The van der Waals surface area contributed by atoms with Crippen molar-refractivity contribution in [2.45, 2.75) is 18.1 Å². The van der Waals surface area contributed by atoms with Crippen LogP contribution in [0.4, 0.5) is 4.79 Å². The number of likely N-dealkylation sites (N-methyl/N-ethyl adjacent to an activating group) is 1. The Morgan fingerprint density at radius 3 is 2.61 bits per heavy atom. The zero-order valence-electron chi connectivity index (χ0n) is 10.0. The average Bonchev–Trinajstić information content (AvgIpc) is 2.82. The molecule has 0 aromatic heterocycles. The van der Waals surface area contributed by atoms with Crippen molar-refractivity contribution in [2.75, 3.05) is 13.6 Å². The molecule has 2 heterocycles. The topological polar surface area (TPSA) is 60.9 Å². The molecule has 3 rings (SSSR count). The molecule has 2 aliphatic rings. The molecule has 1 aromatic carbocycles. The molecule has 2 aliphatic heterocycles. The van der Waals surface area contributed by atoms with Crippen LogP contribution in [0, 0.1) is 0 Å². The highest BCUT2D eigenvalue weighted by Gasteiger charge is 2.61. The molecule has 0 radical (unpaired) electrons. The third-order valence-electron chi connectivity index (χ3n) is 3.81. The third-order valence-corrected chi connectivity index (χ3v) is 3.81. The maximum absolute atomic E-state index is 12.4. The van der Waals surface area contributed by atoms with E-state index in [4.69, 9.17) is 0 Å². The number of aliphatic hydroxyl groups excluding tert-OH is 1. The highest BCUT2D eigenvalue weighted by atomic mass is 16.3. The van der Waals surface area contributed by atoms with E-state index in [0.717, 1.165) is 10.5 Å². The molecule has 0 spiro atoms. The molecule has 2 saturated heterocycles. The van der Waals surface area contributed by atoms with E-state index < -0.39 is 11.6 Å². The third kappa shape index (κ3) is 1.19. The predicted molar refractivity (Wildman–Crippen MR) is 63.6 cm³/mol. The number of carbonyl (C=O) groups excluding carboxylic acids is 2. The number of hydrogen-bond donors (Lipinski definition) is 1. The molecule has 2 fully saturated rings. The molecule has 5 nitrogen and oxygen atoms in total. The molecule has 1 aromatic rings. The Morgan fingerprint density at radius 1 is 1.28 bits per heavy atom. The highest BCUT2D eigenvalue weighted by molar-refractivity contribution is 6.07. The van der Waals surface area contributed by atoms with Crippen molar-refractivity contribution in [3.05, 3.63) is 35.9 Å². The first-order valence-corrected chi connectivity index (χ1v) is 5.91. The average molecular weight is 246 g/mol. The first kappa shape index (κ1) is 11.2. The van der Waals surface area contributed by atoms with Gasteiger partial charge in [0.05, 0.1) is 6.10 Å². The second-order valence-electron chi connectivity index (χ2n) is 4.84. The zero-order chi connectivity index (χ0) is 12.9. The molecule has 5 heteroatoms. The lowest BCUT2D eigenvalue weighted by Gasteiger charge is -2.28. The first-order chi connectivity index (χ1) is 8.57. The van der Waals surface area contributed by atoms with Gasteiger partial charge in [-0.2, -0.15) is 0 Å². The number of urea groups is 1. The predicted octanol–water partition coefficient (Wildman–Crippen LogP) is 0.540. The summed E-state index contributed by atoms with van der Waals surface area (Å²) in [5.74, 6) is -0.254. The van der Waals surface area contributed by atoms with Crippen molar-refractivity contribution >= 4 is 11.9 Å². The monoisotopic (exact) mass is 246 g/mol. The SMILES string of the molecule is CN1C(=O)N2C[C@H](O)C[C@]2(c2ccccc2)C1=O. The first-order valence-electron chi connectivity index (χ1n) is 5.91. The van der Waals surface area contributed by atoms with Crippen LogP contribution in [0.2, 0.25) is 0 Å². The fraction of sp³-hybridized carbons (Fsp3) is 0.385. The van der Waals surface area contributed by atoms with Crippen molar-refractivity contribution < 1.29 is 14.7 Å². The number of aliphatic hydroxyl groups is 1. The maximum atomic E-state index is 12.4. The number of hydrogen-bond acceptors (Lipinski definition) is 3. The van der Waals surface area contributed by atoms with Gasteiger partial charge in [-0.25, -0.2) is 4.79 Å². The van der Waals surface area contributed by atoms with Crippen LogP contribution in [0.3, 0.4) is 0 Å². The second-order valence-corrected chi connectivity index (χ2v) is 4.84. The van der Waals surface area contributed by atoms with Gasteiger partial charge in [-0.15, -0.1) is 0 Å². The molecule has 0 aliphatic carbocycles. The molecule has 0 saturated carbocycles. The van der Waals surface area contributed by atoms with E-state index >= 15 is 0 Å². The quantitative estimate of drug-likeness (QED) is 0.736. The molecule has 1 N–H and O–H groups in total. The van der Waals surface area contributed by atoms with Crippen LogP contribution in [0.25, 0.3) is 0 Å². The fourth-order valence-corrected chi connectivity index (χ4v) is 2.98. The van der Waals surface area contributed by atoms with E-state index in [1.807, 2.05) is 30.3 Å². The largest absolute Gasteiger partial charge is 0.391 e. The molecular formula is C13H14N2O3. The van der Waals surface area contributed by atoms with E-state index in [-0.39, 0.29) is 24.9 Å². The summed E-state index contributed by atoms with van der Waals surface area (Å²) in [5, 5.41) is 9.82. The smallest absolute Gasteiger partial charge is 0.327 e. The summed E-state index contributed by atoms with van der Waals surface area (Å²) in [5.41, 5.74) is -0.240. The van der Waals surface area contributed by atoms with Gasteiger partial charge in [0.1, 0.15) is 0 Å². The summed E-state index contributed by atoms with van der Waals surface area (Å²) in [6, 6.07) is 8.86. The molecule has 94 valence electrons. The lowest BCUT2D eigenvalue weighted by atomic mass is 9.87. The number of rotatable bonds is 1. The van der Waals surface area contributed by atoms with Gasteiger partial charge in [0.25, 0.3) is 5.91 Å². The van der Waals surface area contributed by atoms with Crippen molar-refractivity contribution in [3.63, 3.8) is 0 Å². The summed E-state index contributed by atoms with van der Waals surface area (Å²) in [7, 11) is 1.49. The minimum absolute atomic E-state index is 0.212. The van der Waals surface area contributed by atoms with E-state index in [0.29, 0.717) is 0 Å². The van der Waals surface area contributed by atoms with E-state index in [1.165, 1.54) is 11.9 Å². The van der Waals surface area contributed by atoms with Gasteiger partial charge in [0.2, 0.25) is 0 Å². The van der Waals surface area contributed by atoms with Crippen LogP contribution in [0.5, 0.6) is 0 Å². The lowest BCUT2D eigenvalue weighted by molar-refractivity contribution is -0.132. The summed E-state index contributed by atoms with van der Waals surface area (Å²) < 4.78 is 0. The van der Waals surface area contributed by atoms with Gasteiger partial charge in [-0.3, -0.25) is 9.69 Å². The summed E-state index contributed by atoms with van der Waals surface area (Å²) in [6.07, 6.45) is -0.377. The zero-order valence-corrected chi connectivity index (χ0v) is 10.0. The molecular weight excluding hydrogens is 232 g/mol. The molecule has 0 unspecified atom stereocenters. The number of amides is 3. The number of benzene rings is 1. The molecule has 18 heavy (non-hydrogen) atoms. The van der Waals surface area contributed by atoms with Gasteiger partial charge in [0.15, 0.2) is 5.54 Å². The number of nitrogens with zero attached hydrogens (tertiary/aromatic N) is 2. The van der Waals surface area contributed by atoms with Crippen molar-refractivity contribution in [1.29, 1.82) is 0 Å². The van der Waals surface area contributed by atoms with Crippen molar-refractivity contribution in [1.82, 2.24) is 9.80 Å². The van der Waals surface area contributed by atoms with Crippen LogP contribution in [-0.2, 0) is 10.3 Å². The van der Waals surface area contributed by atoms with Crippen LogP contribution in [0.15, 0.2) is 30.3 Å². The Morgan fingerprint density at radius 2 is 1.94 bits per heavy atom. The fourth-order valence-electron chi connectivity index (χ4n) is 2.98. The molecule has 0 bridgehead atoms. The van der Waals surface area contributed by atoms with E-state index in [9.17, 15) is 14.7 Å². The summed E-state index contributed by atoms with van der Waals surface area (Å²) >= 11 is 0. The Kier molecular flexibility index (Phi) is 2.22. The Hall–Kier alpha value is -1.88. The van der Waals surface area contributed by atoms with E-state index in [1.54, 1.807) is 0 Å². The van der Waals surface area contributed by atoms with Crippen LogP contribution in [0.1, 0.15) is 12.0 Å².